The van der Waals surface area contributed by atoms with Crippen molar-refractivity contribution in [3.63, 3.8) is 0 Å². The molecule has 202 valence electrons. The van der Waals surface area contributed by atoms with Crippen molar-refractivity contribution in [1.29, 1.82) is 0 Å². The molecule has 0 aliphatic carbocycles. The lowest BCUT2D eigenvalue weighted by atomic mass is 10.0. The number of halogens is 1. The van der Waals surface area contributed by atoms with Gasteiger partial charge in [0.1, 0.15) is 29.1 Å². The molecule has 0 spiro atoms. The highest BCUT2D eigenvalue weighted by Gasteiger charge is 2.31. The summed E-state index contributed by atoms with van der Waals surface area (Å²) in [5.74, 6) is 0.394. The van der Waals surface area contributed by atoms with Crippen LogP contribution in [0.4, 0.5) is 4.39 Å². The summed E-state index contributed by atoms with van der Waals surface area (Å²) in [5.41, 5.74) is 1.60. The predicted octanol–water partition coefficient (Wildman–Crippen LogP) is 4.78. The molecule has 2 amide bonds. The van der Waals surface area contributed by atoms with E-state index in [2.05, 4.69) is 5.32 Å². The van der Waals surface area contributed by atoms with Crippen molar-refractivity contribution in [2.45, 2.75) is 45.3 Å². The lowest BCUT2D eigenvalue weighted by molar-refractivity contribution is -0.143. The van der Waals surface area contributed by atoms with E-state index < -0.39 is 11.9 Å². The number of nitrogens with zero attached hydrogens (tertiary/aromatic N) is 1. The van der Waals surface area contributed by atoms with Crippen LogP contribution in [-0.4, -0.2) is 49.6 Å². The number of nitrogens with one attached hydrogen (secondary N) is 1. The topological polar surface area (TPSA) is 77.1 Å². The van der Waals surface area contributed by atoms with Gasteiger partial charge in [0, 0.05) is 37.2 Å². The minimum absolute atomic E-state index is 0.0657. The minimum atomic E-state index is -0.813. The van der Waals surface area contributed by atoms with Gasteiger partial charge in [0.05, 0.1) is 14.2 Å². The summed E-state index contributed by atoms with van der Waals surface area (Å²) in [6.45, 7) is 3.69. The second-order valence-corrected chi connectivity index (χ2v) is 9.01. The Labute approximate surface area is 223 Å². The van der Waals surface area contributed by atoms with Crippen LogP contribution in [0.2, 0.25) is 0 Å². The zero-order chi connectivity index (χ0) is 27.5. The quantitative estimate of drug-likeness (QED) is 0.350. The molecular weight excluding hydrogens is 487 g/mol. The SMILES string of the molecule is CC[C@@H](C)NC(=O)[C@@H](Cc1ccccc1)N(Cc1ccc(F)cc1)C(=O)COc1cc(OC)cc(OC)c1. The van der Waals surface area contributed by atoms with Crippen LogP contribution in [0, 0.1) is 5.82 Å². The van der Waals surface area contributed by atoms with Gasteiger partial charge in [-0.05, 0) is 36.6 Å². The standard InChI is InChI=1S/C30H35FN2O5/c1-5-21(2)32-30(35)28(15-22-9-7-6-8-10-22)33(19-23-11-13-24(31)14-12-23)29(34)20-38-27-17-25(36-3)16-26(18-27)37-4/h6-14,16-18,21,28H,5,15,19-20H2,1-4H3,(H,32,35)/t21-,28-/m1/s1. The molecule has 0 aliphatic rings. The third-order valence-corrected chi connectivity index (χ3v) is 6.23. The van der Waals surface area contributed by atoms with Crippen LogP contribution in [-0.2, 0) is 22.6 Å². The van der Waals surface area contributed by atoms with Crippen molar-refractivity contribution >= 4 is 11.8 Å². The molecule has 7 nitrogen and oxygen atoms in total. The van der Waals surface area contributed by atoms with E-state index in [1.807, 2.05) is 44.2 Å². The first-order chi connectivity index (χ1) is 18.3. The summed E-state index contributed by atoms with van der Waals surface area (Å²) in [7, 11) is 3.05. The third-order valence-electron chi connectivity index (χ3n) is 6.23. The molecule has 0 unspecified atom stereocenters. The molecule has 0 aromatic heterocycles. The number of methoxy groups -OCH3 is 2. The fraction of sp³-hybridized carbons (Fsp3) is 0.333. The van der Waals surface area contributed by atoms with Crippen molar-refractivity contribution < 1.29 is 28.2 Å². The lowest BCUT2D eigenvalue weighted by Gasteiger charge is -2.32. The van der Waals surface area contributed by atoms with Crippen LogP contribution in [0.15, 0.2) is 72.8 Å². The summed E-state index contributed by atoms with van der Waals surface area (Å²) in [6, 6.07) is 19.5. The molecule has 3 aromatic carbocycles. The van der Waals surface area contributed by atoms with Crippen LogP contribution in [0.1, 0.15) is 31.4 Å². The van der Waals surface area contributed by atoms with E-state index in [1.165, 1.54) is 31.3 Å². The fourth-order valence-corrected chi connectivity index (χ4v) is 3.87. The average Bonchev–Trinajstić information content (AvgIpc) is 2.94. The fourth-order valence-electron chi connectivity index (χ4n) is 3.87. The van der Waals surface area contributed by atoms with Crippen molar-refractivity contribution in [3.8, 4) is 17.2 Å². The number of rotatable bonds is 13. The van der Waals surface area contributed by atoms with Crippen LogP contribution in [0.25, 0.3) is 0 Å². The number of hydrogen-bond acceptors (Lipinski definition) is 5. The van der Waals surface area contributed by atoms with Crippen LogP contribution in [0.5, 0.6) is 17.2 Å². The molecule has 0 heterocycles. The molecule has 0 saturated heterocycles. The summed E-state index contributed by atoms with van der Waals surface area (Å²) in [4.78, 5) is 28.7. The van der Waals surface area contributed by atoms with E-state index in [9.17, 15) is 14.0 Å². The molecule has 3 aromatic rings. The maximum absolute atomic E-state index is 13.7. The lowest BCUT2D eigenvalue weighted by Crippen LogP contribution is -2.53. The van der Waals surface area contributed by atoms with Gasteiger partial charge in [-0.2, -0.15) is 0 Å². The van der Waals surface area contributed by atoms with Gasteiger partial charge in [-0.1, -0.05) is 49.4 Å². The van der Waals surface area contributed by atoms with Gasteiger partial charge < -0.3 is 24.4 Å². The normalized spacial score (nSPS) is 12.2. The molecule has 38 heavy (non-hydrogen) atoms. The molecule has 8 heteroatoms. The van der Waals surface area contributed by atoms with E-state index in [4.69, 9.17) is 14.2 Å². The highest BCUT2D eigenvalue weighted by molar-refractivity contribution is 5.88. The number of carbonyl (C=O) groups is 2. The van der Waals surface area contributed by atoms with E-state index in [0.29, 0.717) is 29.2 Å². The Morgan fingerprint density at radius 1 is 0.895 bits per heavy atom. The molecular formula is C30H35FN2O5. The molecule has 0 fully saturated rings. The summed E-state index contributed by atoms with van der Waals surface area (Å²) < 4.78 is 30.0. The Balaban J connectivity index is 1.92. The van der Waals surface area contributed by atoms with Gasteiger partial charge in [-0.3, -0.25) is 9.59 Å². The van der Waals surface area contributed by atoms with Crippen molar-refractivity contribution in [2.24, 2.45) is 0 Å². The van der Waals surface area contributed by atoms with Crippen molar-refractivity contribution in [1.82, 2.24) is 10.2 Å². The number of amides is 2. The Kier molecular flexibility index (Phi) is 10.5. The van der Waals surface area contributed by atoms with E-state index in [1.54, 1.807) is 30.3 Å². The smallest absolute Gasteiger partial charge is 0.261 e. The predicted molar refractivity (Wildman–Crippen MR) is 144 cm³/mol. The average molecular weight is 523 g/mol. The second kappa shape index (κ2) is 14.0. The van der Waals surface area contributed by atoms with Crippen LogP contribution < -0.4 is 19.5 Å². The maximum Gasteiger partial charge on any atom is 0.261 e. The van der Waals surface area contributed by atoms with Gasteiger partial charge in [0.25, 0.3) is 5.91 Å². The highest BCUT2D eigenvalue weighted by atomic mass is 19.1. The van der Waals surface area contributed by atoms with Crippen LogP contribution >= 0.6 is 0 Å². The van der Waals surface area contributed by atoms with Crippen LogP contribution in [0.3, 0.4) is 0 Å². The molecule has 0 aliphatic heterocycles. The highest BCUT2D eigenvalue weighted by Crippen LogP contribution is 2.27. The van der Waals surface area contributed by atoms with E-state index in [-0.39, 0.29) is 30.9 Å². The Bertz CT molecular complexity index is 1160. The zero-order valence-electron chi connectivity index (χ0n) is 22.3. The maximum atomic E-state index is 13.7. The van der Waals surface area contributed by atoms with Gasteiger partial charge in [-0.25, -0.2) is 4.39 Å². The molecule has 1 N–H and O–H groups in total. The molecule has 0 radical (unpaired) electrons. The number of ether oxygens (including phenoxy) is 3. The number of carbonyl (C=O) groups excluding carboxylic acids is 2. The Hall–Kier alpha value is -4.07. The van der Waals surface area contributed by atoms with Gasteiger partial charge in [0.2, 0.25) is 5.91 Å². The van der Waals surface area contributed by atoms with Gasteiger partial charge in [0.15, 0.2) is 6.61 Å². The zero-order valence-corrected chi connectivity index (χ0v) is 22.3. The minimum Gasteiger partial charge on any atom is -0.496 e. The molecule has 0 saturated carbocycles. The number of benzene rings is 3. The van der Waals surface area contributed by atoms with Crippen molar-refractivity contribution in [2.75, 3.05) is 20.8 Å². The first-order valence-electron chi connectivity index (χ1n) is 12.6. The molecule has 0 bridgehead atoms. The first kappa shape index (κ1) is 28.5. The summed E-state index contributed by atoms with van der Waals surface area (Å²) in [6.07, 6.45) is 1.06. The first-order valence-corrected chi connectivity index (χ1v) is 12.6. The summed E-state index contributed by atoms with van der Waals surface area (Å²) >= 11 is 0. The largest absolute Gasteiger partial charge is 0.496 e. The van der Waals surface area contributed by atoms with Crippen molar-refractivity contribution in [3.05, 3.63) is 89.7 Å². The van der Waals surface area contributed by atoms with Gasteiger partial charge >= 0.3 is 0 Å². The monoisotopic (exact) mass is 522 g/mol. The van der Waals surface area contributed by atoms with Gasteiger partial charge in [-0.15, -0.1) is 0 Å². The third kappa shape index (κ3) is 8.23. The van der Waals surface area contributed by atoms with E-state index in [0.717, 1.165) is 12.0 Å². The molecule has 3 rings (SSSR count). The Morgan fingerprint density at radius 2 is 1.50 bits per heavy atom. The number of hydrogen-bond donors (Lipinski definition) is 1. The van der Waals surface area contributed by atoms with E-state index >= 15 is 0 Å². The second-order valence-electron chi connectivity index (χ2n) is 9.01. The molecule has 2 atom stereocenters. The Morgan fingerprint density at radius 3 is 2.08 bits per heavy atom. The summed E-state index contributed by atoms with van der Waals surface area (Å²) in [5, 5.41) is 3.02.